The molecular weight excluding hydrogens is 494 g/mol. The van der Waals surface area contributed by atoms with Gasteiger partial charge in [0.2, 0.25) is 0 Å². The minimum atomic E-state index is -0.394. The fourth-order valence-electron chi connectivity index (χ4n) is 5.92. The number of nitrogens with zero attached hydrogens (tertiary/aromatic N) is 6. The lowest BCUT2D eigenvalue weighted by Crippen LogP contribution is -2.49. The summed E-state index contributed by atoms with van der Waals surface area (Å²) in [7, 11) is 1.70. The zero-order chi connectivity index (χ0) is 26.9. The zero-order valence-electron chi connectivity index (χ0n) is 22.8. The number of anilines is 1. The summed E-state index contributed by atoms with van der Waals surface area (Å²) in [5.41, 5.74) is 4.66. The van der Waals surface area contributed by atoms with Gasteiger partial charge in [0.1, 0.15) is 11.8 Å². The van der Waals surface area contributed by atoms with E-state index in [0.29, 0.717) is 17.9 Å². The summed E-state index contributed by atoms with van der Waals surface area (Å²) >= 11 is 0. The Balaban J connectivity index is 1.39. The molecule has 2 fully saturated rings. The number of piperazine rings is 1. The number of fused-ring (bicyclic) bond motifs is 1. The van der Waals surface area contributed by atoms with Gasteiger partial charge in [0.25, 0.3) is 5.56 Å². The van der Waals surface area contributed by atoms with Crippen molar-refractivity contribution >= 4 is 16.6 Å². The molecule has 4 heterocycles. The van der Waals surface area contributed by atoms with Crippen molar-refractivity contribution in [3.05, 3.63) is 75.3 Å². The highest BCUT2D eigenvalue weighted by Crippen LogP contribution is 2.33. The van der Waals surface area contributed by atoms with Gasteiger partial charge in [-0.2, -0.15) is 0 Å². The third kappa shape index (κ3) is 4.90. The van der Waals surface area contributed by atoms with Crippen LogP contribution in [0.1, 0.15) is 41.4 Å². The maximum atomic E-state index is 13.7. The van der Waals surface area contributed by atoms with E-state index in [-0.39, 0.29) is 11.7 Å². The number of aryl methyl sites for hydroxylation is 2. The number of hydrogen-bond acceptors (Lipinski definition) is 8. The van der Waals surface area contributed by atoms with Gasteiger partial charge in [-0.25, -0.2) is 4.68 Å². The SMILES string of the molecule is COc1ccccc1N1CCN(C(c2cc3c(C)ccc(C)c3[nH]c2=O)c2nnnn2CC2CCCO2)CC1. The van der Waals surface area contributed by atoms with Crippen molar-refractivity contribution in [2.24, 2.45) is 0 Å². The fourth-order valence-corrected chi connectivity index (χ4v) is 5.92. The molecule has 2 aromatic heterocycles. The molecule has 204 valence electrons. The molecule has 4 aromatic rings. The van der Waals surface area contributed by atoms with E-state index in [4.69, 9.17) is 9.47 Å². The van der Waals surface area contributed by atoms with Crippen LogP contribution in [-0.4, -0.2) is 76.1 Å². The molecule has 0 spiro atoms. The molecule has 0 bridgehead atoms. The highest BCUT2D eigenvalue weighted by atomic mass is 16.5. The number of aromatic amines is 1. The minimum absolute atomic E-state index is 0.0788. The van der Waals surface area contributed by atoms with Crippen LogP contribution in [0.5, 0.6) is 5.75 Å². The smallest absolute Gasteiger partial charge is 0.253 e. The van der Waals surface area contributed by atoms with Gasteiger partial charge in [0.15, 0.2) is 5.82 Å². The van der Waals surface area contributed by atoms with Gasteiger partial charge in [-0.05, 0) is 66.4 Å². The van der Waals surface area contributed by atoms with Gasteiger partial charge in [0.05, 0.1) is 31.0 Å². The summed E-state index contributed by atoms with van der Waals surface area (Å²) in [4.78, 5) is 21.5. The van der Waals surface area contributed by atoms with E-state index in [1.54, 1.807) is 7.11 Å². The molecular formula is C29H35N7O3. The first-order valence-electron chi connectivity index (χ1n) is 13.7. The van der Waals surface area contributed by atoms with Crippen LogP contribution in [0.4, 0.5) is 5.69 Å². The van der Waals surface area contributed by atoms with Gasteiger partial charge < -0.3 is 19.4 Å². The second kappa shape index (κ2) is 10.8. The maximum absolute atomic E-state index is 13.7. The van der Waals surface area contributed by atoms with Crippen molar-refractivity contribution in [1.82, 2.24) is 30.1 Å². The summed E-state index contributed by atoms with van der Waals surface area (Å²) < 4.78 is 13.3. The molecule has 0 amide bonds. The monoisotopic (exact) mass is 529 g/mol. The highest BCUT2D eigenvalue weighted by Gasteiger charge is 2.34. The molecule has 1 N–H and O–H groups in total. The quantitative estimate of drug-likeness (QED) is 0.390. The lowest BCUT2D eigenvalue weighted by molar-refractivity contribution is 0.0906. The van der Waals surface area contributed by atoms with Crippen LogP contribution in [0, 0.1) is 13.8 Å². The molecule has 0 radical (unpaired) electrons. The molecule has 6 rings (SSSR count). The van der Waals surface area contributed by atoms with Crippen LogP contribution in [0.25, 0.3) is 10.9 Å². The summed E-state index contributed by atoms with van der Waals surface area (Å²) in [6.07, 6.45) is 2.10. The van der Waals surface area contributed by atoms with Crippen molar-refractivity contribution in [2.75, 3.05) is 44.8 Å². The predicted octanol–water partition coefficient (Wildman–Crippen LogP) is 3.23. The highest BCUT2D eigenvalue weighted by molar-refractivity contribution is 5.85. The number of H-pyrrole nitrogens is 1. The van der Waals surface area contributed by atoms with Gasteiger partial charge in [0, 0.05) is 43.7 Å². The molecule has 39 heavy (non-hydrogen) atoms. The van der Waals surface area contributed by atoms with Crippen LogP contribution in [0.2, 0.25) is 0 Å². The Labute approximate surface area is 227 Å². The number of benzene rings is 2. The lowest BCUT2D eigenvalue weighted by Gasteiger charge is -2.40. The number of hydrogen-bond donors (Lipinski definition) is 1. The largest absolute Gasteiger partial charge is 0.495 e. The second-order valence-electron chi connectivity index (χ2n) is 10.5. The van der Waals surface area contributed by atoms with Gasteiger partial charge in [-0.15, -0.1) is 5.10 Å². The fraction of sp³-hybridized carbons (Fsp3) is 0.448. The molecule has 0 aliphatic carbocycles. The van der Waals surface area contributed by atoms with Crippen molar-refractivity contribution in [1.29, 1.82) is 0 Å². The molecule has 2 saturated heterocycles. The van der Waals surface area contributed by atoms with Crippen molar-refractivity contribution < 1.29 is 9.47 Å². The summed E-state index contributed by atoms with van der Waals surface area (Å²) in [6.45, 7) is 8.48. The Kier molecular flexibility index (Phi) is 7.05. The number of para-hydroxylation sites is 2. The van der Waals surface area contributed by atoms with E-state index in [2.05, 4.69) is 49.4 Å². The number of methoxy groups -OCH3 is 1. The number of rotatable bonds is 7. The first-order chi connectivity index (χ1) is 19.0. The first kappa shape index (κ1) is 25.5. The Bertz CT molecular complexity index is 1520. The molecule has 2 aliphatic rings. The number of aromatic nitrogens is 5. The van der Waals surface area contributed by atoms with Gasteiger partial charge in [-0.1, -0.05) is 24.3 Å². The minimum Gasteiger partial charge on any atom is -0.495 e. The van der Waals surface area contributed by atoms with Crippen LogP contribution >= 0.6 is 0 Å². The lowest BCUT2D eigenvalue weighted by atomic mass is 9.99. The Morgan fingerprint density at radius 3 is 2.67 bits per heavy atom. The third-order valence-electron chi connectivity index (χ3n) is 8.08. The molecule has 0 saturated carbocycles. The molecule has 10 heteroatoms. The van der Waals surface area contributed by atoms with Gasteiger partial charge in [-0.3, -0.25) is 9.69 Å². The molecule has 2 aliphatic heterocycles. The topological polar surface area (TPSA) is 101 Å². The van der Waals surface area contributed by atoms with E-state index in [1.807, 2.05) is 41.9 Å². The van der Waals surface area contributed by atoms with Crippen LogP contribution in [-0.2, 0) is 11.3 Å². The molecule has 10 nitrogen and oxygen atoms in total. The van der Waals surface area contributed by atoms with E-state index in [0.717, 1.165) is 79.1 Å². The number of tetrazole rings is 1. The molecule has 2 unspecified atom stereocenters. The maximum Gasteiger partial charge on any atom is 0.253 e. The average Bonchev–Trinajstić information content (AvgIpc) is 3.65. The Morgan fingerprint density at radius 1 is 1.10 bits per heavy atom. The van der Waals surface area contributed by atoms with Gasteiger partial charge >= 0.3 is 0 Å². The van der Waals surface area contributed by atoms with E-state index < -0.39 is 6.04 Å². The third-order valence-corrected chi connectivity index (χ3v) is 8.08. The number of nitrogens with one attached hydrogen (secondary N) is 1. The van der Waals surface area contributed by atoms with Crippen molar-refractivity contribution in [3.63, 3.8) is 0 Å². The standard InChI is InChI=1S/C29H35N7O3/c1-19-10-11-20(2)26-22(19)17-23(29(37)30-26)27(28-31-32-33-36(28)18-21-7-6-16-39-21)35-14-12-34(13-15-35)24-8-4-5-9-25(24)38-3/h4-5,8-11,17,21,27H,6-7,12-16,18H2,1-3H3,(H,30,37). The normalized spacial score (nSPS) is 19.1. The zero-order valence-corrected chi connectivity index (χ0v) is 22.8. The van der Waals surface area contributed by atoms with Crippen LogP contribution in [0.15, 0.2) is 47.3 Å². The van der Waals surface area contributed by atoms with Crippen molar-refractivity contribution in [2.45, 2.75) is 45.4 Å². The number of pyridine rings is 1. The second-order valence-corrected chi connectivity index (χ2v) is 10.5. The predicted molar refractivity (Wildman–Crippen MR) is 149 cm³/mol. The Hall–Kier alpha value is -3.76. The first-order valence-corrected chi connectivity index (χ1v) is 13.7. The average molecular weight is 530 g/mol. The summed E-state index contributed by atoms with van der Waals surface area (Å²) in [6, 6.07) is 13.9. The van der Waals surface area contributed by atoms with Crippen LogP contribution in [0.3, 0.4) is 0 Å². The summed E-state index contributed by atoms with van der Waals surface area (Å²) in [5, 5.41) is 13.9. The van der Waals surface area contributed by atoms with E-state index >= 15 is 0 Å². The molecule has 2 aromatic carbocycles. The number of ether oxygens (including phenoxy) is 2. The van der Waals surface area contributed by atoms with Crippen molar-refractivity contribution in [3.8, 4) is 5.75 Å². The molecule has 2 atom stereocenters. The van der Waals surface area contributed by atoms with E-state index in [9.17, 15) is 4.79 Å². The van der Waals surface area contributed by atoms with E-state index in [1.165, 1.54) is 0 Å². The van der Waals surface area contributed by atoms with Crippen LogP contribution < -0.4 is 15.2 Å². The summed E-state index contributed by atoms with van der Waals surface area (Å²) in [5.74, 6) is 1.53. The Morgan fingerprint density at radius 2 is 1.90 bits per heavy atom.